The van der Waals surface area contributed by atoms with E-state index in [9.17, 15) is 23.6 Å². The molecule has 1 aliphatic heterocycles. The minimum absolute atomic E-state index is 0.0313. The van der Waals surface area contributed by atoms with Crippen LogP contribution in [0.15, 0.2) is 47.4 Å². The van der Waals surface area contributed by atoms with Crippen LogP contribution < -0.4 is 10.1 Å². The van der Waals surface area contributed by atoms with Gasteiger partial charge in [-0.2, -0.15) is 0 Å². The predicted octanol–water partition coefficient (Wildman–Crippen LogP) is 4.48. The summed E-state index contributed by atoms with van der Waals surface area (Å²) >= 11 is 6.93. The molecule has 0 spiro atoms. The summed E-state index contributed by atoms with van der Waals surface area (Å²) < 4.78 is 23.9. The molecule has 1 fully saturated rings. The first kappa shape index (κ1) is 25.3. The van der Waals surface area contributed by atoms with Gasteiger partial charge in [0.1, 0.15) is 17.6 Å². The summed E-state index contributed by atoms with van der Waals surface area (Å²) in [7, 11) is 0. The lowest BCUT2D eigenvalue weighted by Crippen LogP contribution is -2.42. The number of carbonyl (C=O) groups is 4. The molecule has 2 aromatic rings. The molecule has 0 unspecified atom stereocenters. The molecule has 11 heteroatoms. The van der Waals surface area contributed by atoms with Crippen LogP contribution in [-0.2, 0) is 19.1 Å². The maximum Gasteiger partial charge on any atom is 0.329 e. The maximum atomic E-state index is 13.6. The Bertz CT molecular complexity index is 1170. The summed E-state index contributed by atoms with van der Waals surface area (Å²) in [4.78, 5) is 49.8. The minimum Gasteiger partial charge on any atom is -0.482 e. The third-order valence-corrected chi connectivity index (χ3v) is 5.78. The molecule has 1 atom stereocenters. The molecule has 3 amide bonds. The van der Waals surface area contributed by atoms with E-state index in [-0.39, 0.29) is 28.0 Å². The van der Waals surface area contributed by atoms with Crippen molar-refractivity contribution in [3.63, 3.8) is 0 Å². The summed E-state index contributed by atoms with van der Waals surface area (Å²) in [5, 5.41) is 1.98. The Morgan fingerprint density at radius 1 is 1.24 bits per heavy atom. The largest absolute Gasteiger partial charge is 0.482 e. The average molecular weight is 507 g/mol. The first-order chi connectivity index (χ1) is 16.2. The van der Waals surface area contributed by atoms with Crippen molar-refractivity contribution in [2.45, 2.75) is 19.9 Å². The van der Waals surface area contributed by atoms with E-state index in [1.807, 2.05) is 0 Å². The van der Waals surface area contributed by atoms with E-state index in [1.165, 1.54) is 43.3 Å². The van der Waals surface area contributed by atoms with Gasteiger partial charge in [0.25, 0.3) is 17.1 Å². The summed E-state index contributed by atoms with van der Waals surface area (Å²) in [6.07, 6.45) is 1.46. The summed E-state index contributed by atoms with van der Waals surface area (Å²) in [5.74, 6) is -2.23. The van der Waals surface area contributed by atoms with E-state index >= 15 is 0 Å². The number of esters is 1. The van der Waals surface area contributed by atoms with Gasteiger partial charge in [-0.3, -0.25) is 19.3 Å². The number of imide groups is 1. The molecule has 8 nitrogen and oxygen atoms in total. The normalized spacial score (nSPS) is 15.4. The predicted molar refractivity (Wildman–Crippen MR) is 126 cm³/mol. The molecule has 0 radical (unpaired) electrons. The van der Waals surface area contributed by atoms with Gasteiger partial charge in [-0.05, 0) is 61.5 Å². The monoisotopic (exact) mass is 506 g/mol. The Labute approximate surface area is 204 Å². The molecule has 0 aliphatic carbocycles. The molecule has 3 rings (SSSR count). The number of thioether (sulfide) groups is 1. The van der Waals surface area contributed by atoms with Crippen molar-refractivity contribution in [2.75, 3.05) is 18.5 Å². The number of halogens is 2. The van der Waals surface area contributed by atoms with E-state index in [0.717, 1.165) is 4.90 Å². The van der Waals surface area contributed by atoms with Crippen molar-refractivity contribution >= 4 is 58.1 Å². The number of nitrogens with zero attached hydrogens (tertiary/aromatic N) is 1. The third kappa shape index (κ3) is 5.95. The lowest BCUT2D eigenvalue weighted by Gasteiger charge is -2.19. The first-order valence-corrected chi connectivity index (χ1v) is 11.3. The smallest absolute Gasteiger partial charge is 0.329 e. The van der Waals surface area contributed by atoms with Gasteiger partial charge in [0.05, 0.1) is 22.2 Å². The van der Waals surface area contributed by atoms with Gasteiger partial charge in [-0.25, -0.2) is 9.18 Å². The quantitative estimate of drug-likeness (QED) is 0.416. The first-order valence-electron chi connectivity index (χ1n) is 10.1. The number of nitrogens with one attached hydrogen (secondary N) is 1. The van der Waals surface area contributed by atoms with Crippen LogP contribution in [-0.4, -0.2) is 47.2 Å². The lowest BCUT2D eigenvalue weighted by molar-refractivity contribution is -0.150. The van der Waals surface area contributed by atoms with Crippen molar-refractivity contribution < 1.29 is 33.0 Å². The molecular weight excluding hydrogens is 487 g/mol. The number of anilines is 1. The van der Waals surface area contributed by atoms with Crippen LogP contribution in [0.5, 0.6) is 5.75 Å². The summed E-state index contributed by atoms with van der Waals surface area (Å²) in [6, 6.07) is 9.25. The van der Waals surface area contributed by atoms with Gasteiger partial charge in [0.2, 0.25) is 0 Å². The number of rotatable bonds is 8. The number of hydrogen-bond acceptors (Lipinski definition) is 7. The molecule has 0 aromatic heterocycles. The summed E-state index contributed by atoms with van der Waals surface area (Å²) in [5.41, 5.74) is 0.534. The van der Waals surface area contributed by atoms with E-state index in [1.54, 1.807) is 19.1 Å². The fourth-order valence-corrected chi connectivity index (χ4v) is 4.10. The van der Waals surface area contributed by atoms with Crippen molar-refractivity contribution in [3.05, 3.63) is 63.8 Å². The lowest BCUT2D eigenvalue weighted by atomic mass is 10.2. The van der Waals surface area contributed by atoms with Crippen LogP contribution in [0.1, 0.15) is 19.4 Å². The maximum absolute atomic E-state index is 13.6. The van der Waals surface area contributed by atoms with E-state index < -0.39 is 41.5 Å². The summed E-state index contributed by atoms with van der Waals surface area (Å²) in [6.45, 7) is 2.78. The van der Waals surface area contributed by atoms with E-state index in [2.05, 4.69) is 5.32 Å². The van der Waals surface area contributed by atoms with Crippen molar-refractivity contribution in [3.8, 4) is 5.75 Å². The third-order valence-electron chi connectivity index (χ3n) is 4.60. The molecule has 2 aromatic carbocycles. The van der Waals surface area contributed by atoms with Gasteiger partial charge in [0, 0.05) is 0 Å². The van der Waals surface area contributed by atoms with E-state index in [0.29, 0.717) is 17.3 Å². The van der Waals surface area contributed by atoms with Crippen LogP contribution in [0.25, 0.3) is 6.08 Å². The van der Waals surface area contributed by atoms with Gasteiger partial charge in [-0.15, -0.1) is 0 Å². The van der Waals surface area contributed by atoms with Crippen molar-refractivity contribution in [1.82, 2.24) is 4.90 Å². The highest BCUT2D eigenvalue weighted by molar-refractivity contribution is 8.18. The van der Waals surface area contributed by atoms with E-state index in [4.69, 9.17) is 21.1 Å². The Morgan fingerprint density at radius 2 is 1.97 bits per heavy atom. The number of hydrogen-bond donors (Lipinski definition) is 1. The van der Waals surface area contributed by atoms with Gasteiger partial charge in [0.15, 0.2) is 6.61 Å². The second-order valence-corrected chi connectivity index (χ2v) is 8.39. The number of amides is 3. The standard InChI is InChI=1S/C23H20ClFN2O6S/c1-3-32-22(30)13(2)27-21(29)19(34-23(27)31)11-14-8-9-18(15(24)10-14)33-12-20(28)26-17-7-5-4-6-16(17)25/h4-11,13H,3,12H2,1-2H3,(H,26,28)/b19-11+/t13-/m0/s1. The molecule has 1 N–H and O–H groups in total. The zero-order valence-corrected chi connectivity index (χ0v) is 19.7. The van der Waals surface area contributed by atoms with Gasteiger partial charge in [-0.1, -0.05) is 29.8 Å². The highest BCUT2D eigenvalue weighted by Gasteiger charge is 2.41. The van der Waals surface area contributed by atoms with Crippen LogP contribution >= 0.6 is 23.4 Å². The molecule has 1 aliphatic rings. The molecule has 34 heavy (non-hydrogen) atoms. The Hall–Kier alpha value is -3.37. The second kappa shape index (κ2) is 11.2. The minimum atomic E-state index is -1.05. The van der Waals surface area contributed by atoms with Gasteiger partial charge >= 0.3 is 5.97 Å². The fourth-order valence-electron chi connectivity index (χ4n) is 2.95. The second-order valence-electron chi connectivity index (χ2n) is 6.99. The SMILES string of the molecule is CCOC(=O)[C@H](C)N1C(=O)S/C(=C/c2ccc(OCC(=O)Nc3ccccc3F)c(Cl)c2)C1=O. The number of carbonyl (C=O) groups excluding carboxylic acids is 4. The Morgan fingerprint density at radius 3 is 2.65 bits per heavy atom. The number of para-hydroxylation sites is 1. The van der Waals surface area contributed by atoms with Crippen LogP contribution in [0.2, 0.25) is 5.02 Å². The fraction of sp³-hybridized carbons (Fsp3) is 0.217. The average Bonchev–Trinajstić information content (AvgIpc) is 3.07. The highest BCUT2D eigenvalue weighted by Crippen LogP contribution is 2.35. The number of ether oxygens (including phenoxy) is 2. The van der Waals surface area contributed by atoms with Crippen LogP contribution in [0, 0.1) is 5.82 Å². The molecule has 1 saturated heterocycles. The van der Waals surface area contributed by atoms with Crippen LogP contribution in [0.3, 0.4) is 0 Å². The Balaban J connectivity index is 1.65. The Kier molecular flexibility index (Phi) is 8.30. The molecular formula is C23H20ClFN2O6S. The highest BCUT2D eigenvalue weighted by atomic mass is 35.5. The van der Waals surface area contributed by atoms with Crippen molar-refractivity contribution in [2.24, 2.45) is 0 Å². The zero-order valence-electron chi connectivity index (χ0n) is 18.2. The molecule has 178 valence electrons. The molecule has 0 bridgehead atoms. The van der Waals surface area contributed by atoms with Crippen LogP contribution in [0.4, 0.5) is 14.9 Å². The van der Waals surface area contributed by atoms with Crippen molar-refractivity contribution in [1.29, 1.82) is 0 Å². The molecule has 1 heterocycles. The number of benzene rings is 2. The van der Waals surface area contributed by atoms with Gasteiger partial charge < -0.3 is 14.8 Å². The topological polar surface area (TPSA) is 102 Å². The zero-order chi connectivity index (χ0) is 24.8. The molecule has 0 saturated carbocycles.